The van der Waals surface area contributed by atoms with Crippen LogP contribution < -0.4 is 0 Å². The zero-order valence-corrected chi connectivity index (χ0v) is 12.8. The van der Waals surface area contributed by atoms with Gasteiger partial charge in [0.1, 0.15) is 5.69 Å². The third kappa shape index (κ3) is 2.54. The zero-order chi connectivity index (χ0) is 16.7. The van der Waals surface area contributed by atoms with E-state index in [1.165, 1.54) is 23.7 Å². The molecule has 4 aromatic rings. The normalized spacial score (nSPS) is 12.0. The molecule has 0 aliphatic rings. The lowest BCUT2D eigenvalue weighted by atomic mass is 10.1. The van der Waals surface area contributed by atoms with Crippen molar-refractivity contribution < 1.29 is 13.2 Å². The number of nitrogens with zero attached hydrogens (tertiary/aromatic N) is 4. The van der Waals surface area contributed by atoms with Gasteiger partial charge in [-0.15, -0.1) is 11.3 Å². The lowest BCUT2D eigenvalue weighted by Gasteiger charge is -2.10. The molecule has 0 bridgehead atoms. The van der Waals surface area contributed by atoms with Gasteiger partial charge < -0.3 is 0 Å². The predicted octanol–water partition coefficient (Wildman–Crippen LogP) is 4.54. The van der Waals surface area contributed by atoms with E-state index in [-0.39, 0.29) is 11.3 Å². The Balaban J connectivity index is 1.98. The summed E-state index contributed by atoms with van der Waals surface area (Å²) >= 11 is 1.41. The molecule has 0 amide bonds. The van der Waals surface area contributed by atoms with Crippen molar-refractivity contribution in [3.8, 4) is 21.8 Å². The molecule has 120 valence electrons. The average Bonchev–Trinajstić information content (AvgIpc) is 3.22. The van der Waals surface area contributed by atoms with Crippen LogP contribution in [0.4, 0.5) is 13.2 Å². The molecule has 0 saturated heterocycles. The molecule has 0 saturated carbocycles. The van der Waals surface area contributed by atoms with Crippen molar-refractivity contribution in [1.82, 2.24) is 19.6 Å². The van der Waals surface area contributed by atoms with Gasteiger partial charge in [-0.1, -0.05) is 6.07 Å². The molecule has 8 heteroatoms. The molecule has 0 radical (unpaired) electrons. The first-order valence-electron chi connectivity index (χ1n) is 6.95. The van der Waals surface area contributed by atoms with Crippen LogP contribution in [0.3, 0.4) is 0 Å². The van der Waals surface area contributed by atoms with E-state index in [4.69, 9.17) is 0 Å². The fraction of sp³-hybridized carbons (Fsp3) is 0.0625. The van der Waals surface area contributed by atoms with E-state index < -0.39 is 11.9 Å². The van der Waals surface area contributed by atoms with Crippen LogP contribution in [0.2, 0.25) is 0 Å². The number of rotatable bonds is 2. The first-order valence-corrected chi connectivity index (χ1v) is 7.82. The van der Waals surface area contributed by atoms with Gasteiger partial charge in [-0.3, -0.25) is 4.98 Å². The minimum atomic E-state index is -4.54. The van der Waals surface area contributed by atoms with Crippen LogP contribution in [-0.4, -0.2) is 19.6 Å². The summed E-state index contributed by atoms with van der Waals surface area (Å²) in [5.74, 6) is 0. The molecule has 0 unspecified atom stereocenters. The highest BCUT2D eigenvalue weighted by atomic mass is 32.1. The Morgan fingerprint density at radius 1 is 1.00 bits per heavy atom. The van der Waals surface area contributed by atoms with Crippen LogP contribution in [0.1, 0.15) is 5.69 Å². The SMILES string of the molecule is FC(F)(F)c1cc(-c2ccncc2)nc2cc(-c3cccs3)nn12. The largest absolute Gasteiger partial charge is 0.433 e. The predicted molar refractivity (Wildman–Crippen MR) is 84.5 cm³/mol. The number of fused-ring (bicyclic) bond motifs is 1. The number of alkyl halides is 3. The first kappa shape index (κ1) is 14.8. The molecule has 0 aliphatic heterocycles. The second-order valence-corrected chi connectivity index (χ2v) is 5.98. The monoisotopic (exact) mass is 346 g/mol. The van der Waals surface area contributed by atoms with Gasteiger partial charge in [-0.2, -0.15) is 18.3 Å². The first-order chi connectivity index (χ1) is 11.5. The summed E-state index contributed by atoms with van der Waals surface area (Å²) < 4.78 is 41.2. The molecule has 24 heavy (non-hydrogen) atoms. The number of hydrogen-bond acceptors (Lipinski definition) is 4. The fourth-order valence-electron chi connectivity index (χ4n) is 2.39. The zero-order valence-electron chi connectivity index (χ0n) is 12.0. The van der Waals surface area contributed by atoms with Gasteiger partial charge >= 0.3 is 6.18 Å². The summed E-state index contributed by atoms with van der Waals surface area (Å²) in [6.45, 7) is 0. The average molecular weight is 346 g/mol. The maximum Gasteiger partial charge on any atom is 0.433 e. The molecule has 0 aromatic carbocycles. The second-order valence-electron chi connectivity index (χ2n) is 5.04. The Kier molecular flexibility index (Phi) is 3.34. The molecule has 4 nitrogen and oxygen atoms in total. The van der Waals surface area contributed by atoms with Crippen LogP contribution >= 0.6 is 11.3 Å². The van der Waals surface area contributed by atoms with Crippen LogP contribution in [-0.2, 0) is 6.18 Å². The third-order valence-corrected chi connectivity index (χ3v) is 4.36. The van der Waals surface area contributed by atoms with E-state index in [1.807, 2.05) is 17.5 Å². The third-order valence-electron chi connectivity index (χ3n) is 3.47. The van der Waals surface area contributed by atoms with Gasteiger partial charge in [0.25, 0.3) is 0 Å². The minimum absolute atomic E-state index is 0.153. The summed E-state index contributed by atoms with van der Waals surface area (Å²) in [7, 11) is 0. The number of pyridine rings is 1. The van der Waals surface area contributed by atoms with E-state index in [1.54, 1.807) is 18.2 Å². The van der Waals surface area contributed by atoms with Crippen LogP contribution in [0.25, 0.3) is 27.5 Å². The van der Waals surface area contributed by atoms with Crippen LogP contribution in [0.15, 0.2) is 54.2 Å². The molecule has 0 fully saturated rings. The van der Waals surface area contributed by atoms with Gasteiger partial charge in [-0.05, 0) is 29.6 Å². The number of hydrogen-bond donors (Lipinski definition) is 0. The Hall–Kier alpha value is -2.74. The highest BCUT2D eigenvalue weighted by Gasteiger charge is 2.35. The summed E-state index contributed by atoms with van der Waals surface area (Å²) in [6, 6.07) is 9.44. The van der Waals surface area contributed by atoms with Gasteiger partial charge in [0.2, 0.25) is 0 Å². The highest BCUT2D eigenvalue weighted by molar-refractivity contribution is 7.13. The second kappa shape index (κ2) is 5.41. The Morgan fingerprint density at radius 2 is 1.79 bits per heavy atom. The summed E-state index contributed by atoms with van der Waals surface area (Å²) in [4.78, 5) is 8.99. The standard InChI is InChI=1S/C16H9F3N4S/c17-16(18,19)14-8-11(10-3-5-20-6-4-10)21-15-9-12(22-23(14)15)13-2-1-7-24-13/h1-9H. The quantitative estimate of drug-likeness (QED) is 0.535. The topological polar surface area (TPSA) is 43.1 Å². The van der Waals surface area contributed by atoms with E-state index in [0.29, 0.717) is 11.3 Å². The van der Waals surface area contributed by atoms with Crippen LogP contribution in [0, 0.1) is 0 Å². The van der Waals surface area contributed by atoms with Crippen molar-refractivity contribution >= 4 is 17.0 Å². The summed E-state index contributed by atoms with van der Waals surface area (Å²) in [5, 5.41) is 5.94. The van der Waals surface area contributed by atoms with Gasteiger partial charge in [-0.25, -0.2) is 9.50 Å². The van der Waals surface area contributed by atoms with Gasteiger partial charge in [0.15, 0.2) is 11.3 Å². The lowest BCUT2D eigenvalue weighted by Crippen LogP contribution is -2.13. The number of aromatic nitrogens is 4. The molecular weight excluding hydrogens is 337 g/mol. The van der Waals surface area contributed by atoms with Crippen molar-refractivity contribution in [2.45, 2.75) is 6.18 Å². The molecule has 0 aliphatic carbocycles. The Bertz CT molecular complexity index is 992. The molecule has 4 rings (SSSR count). The van der Waals surface area contributed by atoms with Crippen molar-refractivity contribution in [3.63, 3.8) is 0 Å². The number of thiophene rings is 1. The molecule has 0 N–H and O–H groups in total. The lowest BCUT2D eigenvalue weighted by molar-refractivity contribution is -0.142. The van der Waals surface area contributed by atoms with Gasteiger partial charge in [0, 0.05) is 24.0 Å². The molecule has 4 aromatic heterocycles. The van der Waals surface area contributed by atoms with Crippen molar-refractivity contribution in [2.75, 3.05) is 0 Å². The molecular formula is C16H9F3N4S. The maximum absolute atomic E-state index is 13.5. The van der Waals surface area contributed by atoms with E-state index >= 15 is 0 Å². The summed E-state index contributed by atoms with van der Waals surface area (Å²) in [5.41, 5.74) is 0.559. The van der Waals surface area contributed by atoms with Crippen molar-refractivity contribution in [3.05, 3.63) is 59.9 Å². The Morgan fingerprint density at radius 3 is 2.46 bits per heavy atom. The van der Waals surface area contributed by atoms with Crippen LogP contribution in [0.5, 0.6) is 0 Å². The minimum Gasteiger partial charge on any atom is -0.265 e. The maximum atomic E-state index is 13.5. The van der Waals surface area contributed by atoms with Crippen molar-refractivity contribution in [1.29, 1.82) is 0 Å². The molecule has 4 heterocycles. The molecule has 0 spiro atoms. The van der Waals surface area contributed by atoms with E-state index in [2.05, 4.69) is 15.1 Å². The fourth-order valence-corrected chi connectivity index (χ4v) is 3.07. The number of halogens is 3. The van der Waals surface area contributed by atoms with Gasteiger partial charge in [0.05, 0.1) is 10.6 Å². The summed E-state index contributed by atoms with van der Waals surface area (Å²) in [6.07, 6.45) is -1.51. The smallest absolute Gasteiger partial charge is 0.265 e. The van der Waals surface area contributed by atoms with E-state index in [9.17, 15) is 13.2 Å². The molecule has 0 atom stereocenters. The van der Waals surface area contributed by atoms with Crippen molar-refractivity contribution in [2.24, 2.45) is 0 Å². The Labute approximate surface area is 138 Å². The highest BCUT2D eigenvalue weighted by Crippen LogP contribution is 2.33. The van der Waals surface area contributed by atoms with E-state index in [0.717, 1.165) is 15.5 Å².